The molecule has 1 aromatic heterocycles. The SMILES string of the molecule is Cc1cc([C@@H]2CN(C(=O)CN3C(=O)CNC3=O)CCO2)ccn1. The first-order valence-electron chi connectivity index (χ1n) is 7.45. The van der Waals surface area contributed by atoms with Gasteiger partial charge in [-0.3, -0.25) is 19.5 Å². The van der Waals surface area contributed by atoms with Gasteiger partial charge in [0, 0.05) is 18.4 Å². The Morgan fingerprint density at radius 1 is 1.48 bits per heavy atom. The Hall–Kier alpha value is -2.48. The van der Waals surface area contributed by atoms with Crippen molar-refractivity contribution in [1.29, 1.82) is 0 Å². The van der Waals surface area contributed by atoms with Gasteiger partial charge < -0.3 is 15.0 Å². The van der Waals surface area contributed by atoms with E-state index in [1.807, 2.05) is 19.1 Å². The Morgan fingerprint density at radius 3 is 3.00 bits per heavy atom. The van der Waals surface area contributed by atoms with Crippen molar-refractivity contribution < 1.29 is 19.1 Å². The third kappa shape index (κ3) is 3.31. The molecule has 0 aliphatic carbocycles. The fourth-order valence-corrected chi connectivity index (χ4v) is 2.70. The van der Waals surface area contributed by atoms with Gasteiger partial charge in [0.2, 0.25) is 5.91 Å². The van der Waals surface area contributed by atoms with Crippen LogP contribution in [0.4, 0.5) is 4.79 Å². The minimum atomic E-state index is -0.516. The summed E-state index contributed by atoms with van der Waals surface area (Å²) in [6.07, 6.45) is 1.49. The number of carbonyl (C=O) groups is 3. The summed E-state index contributed by atoms with van der Waals surface area (Å²) in [5.74, 6) is -0.632. The van der Waals surface area contributed by atoms with E-state index in [1.165, 1.54) is 0 Å². The van der Waals surface area contributed by atoms with E-state index >= 15 is 0 Å². The third-order valence-corrected chi connectivity index (χ3v) is 3.94. The summed E-state index contributed by atoms with van der Waals surface area (Å²) >= 11 is 0. The molecule has 0 bridgehead atoms. The van der Waals surface area contributed by atoms with Crippen LogP contribution in [0.2, 0.25) is 0 Å². The first-order valence-corrected chi connectivity index (χ1v) is 7.45. The number of carbonyl (C=O) groups excluding carboxylic acids is 3. The summed E-state index contributed by atoms with van der Waals surface area (Å²) in [6, 6.07) is 3.28. The molecule has 3 heterocycles. The Kier molecular flexibility index (Phi) is 4.24. The van der Waals surface area contributed by atoms with Gasteiger partial charge in [-0.1, -0.05) is 0 Å². The van der Waals surface area contributed by atoms with E-state index in [9.17, 15) is 14.4 Å². The van der Waals surface area contributed by atoms with Crippen LogP contribution in [-0.2, 0) is 14.3 Å². The highest BCUT2D eigenvalue weighted by molar-refractivity contribution is 6.04. The number of imide groups is 1. The fourth-order valence-electron chi connectivity index (χ4n) is 2.70. The molecule has 0 saturated carbocycles. The van der Waals surface area contributed by atoms with Crippen molar-refractivity contribution in [3.8, 4) is 0 Å². The first kappa shape index (κ1) is 15.4. The zero-order chi connectivity index (χ0) is 16.4. The molecule has 3 rings (SSSR count). The fraction of sp³-hybridized carbons (Fsp3) is 0.467. The van der Waals surface area contributed by atoms with E-state index in [1.54, 1.807) is 11.1 Å². The Labute approximate surface area is 133 Å². The van der Waals surface area contributed by atoms with Crippen LogP contribution in [0, 0.1) is 6.92 Å². The largest absolute Gasteiger partial charge is 0.370 e. The molecular weight excluding hydrogens is 300 g/mol. The zero-order valence-electron chi connectivity index (χ0n) is 12.8. The number of aromatic nitrogens is 1. The Bertz CT molecular complexity index is 632. The van der Waals surface area contributed by atoms with Crippen LogP contribution in [-0.4, -0.2) is 65.4 Å². The molecule has 2 aliphatic rings. The van der Waals surface area contributed by atoms with E-state index < -0.39 is 6.03 Å². The van der Waals surface area contributed by atoms with Gasteiger partial charge in [-0.2, -0.15) is 0 Å². The van der Waals surface area contributed by atoms with E-state index in [4.69, 9.17) is 4.74 Å². The van der Waals surface area contributed by atoms with Crippen LogP contribution in [0.3, 0.4) is 0 Å². The summed E-state index contributed by atoms with van der Waals surface area (Å²) in [6.45, 7) is 2.88. The average Bonchev–Trinajstić information content (AvgIpc) is 2.87. The minimum Gasteiger partial charge on any atom is -0.370 e. The first-order chi connectivity index (χ1) is 11.0. The molecule has 23 heavy (non-hydrogen) atoms. The molecule has 1 aromatic rings. The molecule has 0 spiro atoms. The molecular formula is C15H18N4O4. The minimum absolute atomic E-state index is 0.0475. The predicted octanol–water partition coefficient (Wildman–Crippen LogP) is -0.158. The number of hydrogen-bond acceptors (Lipinski definition) is 5. The van der Waals surface area contributed by atoms with Gasteiger partial charge in [0.15, 0.2) is 0 Å². The van der Waals surface area contributed by atoms with Crippen molar-refractivity contribution in [2.24, 2.45) is 0 Å². The summed E-state index contributed by atoms with van der Waals surface area (Å²) in [5.41, 5.74) is 1.85. The molecule has 1 atom stereocenters. The number of ether oxygens (including phenoxy) is 1. The topological polar surface area (TPSA) is 91.8 Å². The Morgan fingerprint density at radius 2 is 2.30 bits per heavy atom. The second kappa shape index (κ2) is 6.33. The van der Waals surface area contributed by atoms with E-state index in [0.717, 1.165) is 16.2 Å². The predicted molar refractivity (Wildman–Crippen MR) is 79.4 cm³/mol. The van der Waals surface area contributed by atoms with Crippen molar-refractivity contribution in [3.63, 3.8) is 0 Å². The van der Waals surface area contributed by atoms with Crippen LogP contribution < -0.4 is 5.32 Å². The summed E-state index contributed by atoms with van der Waals surface area (Å²) < 4.78 is 5.73. The number of hydrogen-bond donors (Lipinski definition) is 1. The molecule has 8 nitrogen and oxygen atoms in total. The Balaban J connectivity index is 1.65. The number of amides is 4. The third-order valence-electron chi connectivity index (χ3n) is 3.94. The highest BCUT2D eigenvalue weighted by Crippen LogP contribution is 2.22. The smallest absolute Gasteiger partial charge is 0.325 e. The molecule has 8 heteroatoms. The maximum absolute atomic E-state index is 12.4. The maximum Gasteiger partial charge on any atom is 0.325 e. The van der Waals surface area contributed by atoms with E-state index in [2.05, 4.69) is 10.3 Å². The van der Waals surface area contributed by atoms with Crippen molar-refractivity contribution in [2.45, 2.75) is 13.0 Å². The second-order valence-corrected chi connectivity index (χ2v) is 5.57. The molecule has 0 aromatic carbocycles. The molecule has 2 fully saturated rings. The number of aryl methyl sites for hydroxylation is 1. The molecule has 1 N–H and O–H groups in total. The van der Waals surface area contributed by atoms with Crippen LogP contribution >= 0.6 is 0 Å². The van der Waals surface area contributed by atoms with Gasteiger partial charge in [-0.05, 0) is 24.6 Å². The molecule has 0 radical (unpaired) electrons. The lowest BCUT2D eigenvalue weighted by atomic mass is 10.1. The van der Waals surface area contributed by atoms with Gasteiger partial charge in [0.1, 0.15) is 12.6 Å². The van der Waals surface area contributed by atoms with Gasteiger partial charge in [-0.25, -0.2) is 4.79 Å². The number of nitrogens with one attached hydrogen (secondary N) is 1. The zero-order valence-corrected chi connectivity index (χ0v) is 12.8. The van der Waals surface area contributed by atoms with Crippen LogP contribution in [0.25, 0.3) is 0 Å². The lowest BCUT2D eigenvalue weighted by Gasteiger charge is -2.33. The number of rotatable bonds is 3. The van der Waals surface area contributed by atoms with E-state index in [-0.39, 0.29) is 31.0 Å². The number of morpholine rings is 1. The molecule has 2 saturated heterocycles. The quantitative estimate of drug-likeness (QED) is 0.782. The second-order valence-electron chi connectivity index (χ2n) is 5.57. The summed E-state index contributed by atoms with van der Waals surface area (Å²) in [5, 5.41) is 2.40. The molecule has 122 valence electrons. The van der Waals surface area contributed by atoms with Gasteiger partial charge >= 0.3 is 6.03 Å². The standard InChI is InChI=1S/C15H18N4O4/c1-10-6-11(2-3-16-10)12-8-18(4-5-23-12)14(21)9-19-13(20)7-17-15(19)22/h2-3,6,12H,4-5,7-9H2,1H3,(H,17,22)/t12-/m0/s1. The van der Waals surface area contributed by atoms with Crippen LogP contribution in [0.15, 0.2) is 18.3 Å². The highest BCUT2D eigenvalue weighted by atomic mass is 16.5. The van der Waals surface area contributed by atoms with Crippen molar-refractivity contribution in [2.75, 3.05) is 32.8 Å². The molecule has 4 amide bonds. The number of pyridine rings is 1. The van der Waals surface area contributed by atoms with Gasteiger partial charge in [0.25, 0.3) is 5.91 Å². The van der Waals surface area contributed by atoms with Crippen molar-refractivity contribution in [1.82, 2.24) is 20.1 Å². The van der Waals surface area contributed by atoms with Crippen LogP contribution in [0.5, 0.6) is 0 Å². The van der Waals surface area contributed by atoms with Gasteiger partial charge in [0.05, 0.1) is 19.7 Å². The number of urea groups is 1. The average molecular weight is 318 g/mol. The van der Waals surface area contributed by atoms with Gasteiger partial charge in [-0.15, -0.1) is 0 Å². The lowest BCUT2D eigenvalue weighted by Crippen LogP contribution is -2.48. The number of nitrogens with zero attached hydrogens (tertiary/aromatic N) is 3. The molecule has 0 unspecified atom stereocenters. The van der Waals surface area contributed by atoms with Crippen molar-refractivity contribution in [3.05, 3.63) is 29.6 Å². The summed E-state index contributed by atoms with van der Waals surface area (Å²) in [4.78, 5) is 42.2. The van der Waals surface area contributed by atoms with E-state index in [0.29, 0.717) is 19.7 Å². The van der Waals surface area contributed by atoms with Crippen LogP contribution in [0.1, 0.15) is 17.4 Å². The lowest BCUT2D eigenvalue weighted by molar-refractivity contribution is -0.142. The highest BCUT2D eigenvalue weighted by Gasteiger charge is 2.33. The summed E-state index contributed by atoms with van der Waals surface area (Å²) in [7, 11) is 0. The molecule has 2 aliphatic heterocycles. The van der Waals surface area contributed by atoms with Crippen molar-refractivity contribution >= 4 is 17.8 Å². The monoisotopic (exact) mass is 318 g/mol. The maximum atomic E-state index is 12.4. The normalized spacial score (nSPS) is 21.5.